The van der Waals surface area contributed by atoms with Crippen molar-refractivity contribution in [3.8, 4) is 11.6 Å². The summed E-state index contributed by atoms with van der Waals surface area (Å²) in [5, 5.41) is 12.3. The molecule has 0 atom stereocenters. The molecular formula is C15H19N3O2. The van der Waals surface area contributed by atoms with E-state index in [1.54, 1.807) is 12.1 Å². The largest absolute Gasteiger partial charge is 0.439 e. The molecule has 2 rings (SSSR count). The monoisotopic (exact) mass is 273 g/mol. The Kier molecular flexibility index (Phi) is 4.90. The van der Waals surface area contributed by atoms with Crippen molar-refractivity contribution in [2.75, 3.05) is 11.9 Å². The predicted octanol–water partition coefficient (Wildman–Crippen LogP) is 2.76. The molecule has 1 aromatic heterocycles. The van der Waals surface area contributed by atoms with Crippen LogP contribution in [-0.4, -0.2) is 21.6 Å². The molecule has 0 radical (unpaired) electrons. The second-order valence-corrected chi connectivity index (χ2v) is 4.30. The van der Waals surface area contributed by atoms with Gasteiger partial charge in [0.1, 0.15) is 17.4 Å². The second kappa shape index (κ2) is 6.86. The highest BCUT2D eigenvalue weighted by Crippen LogP contribution is 2.22. The van der Waals surface area contributed by atoms with E-state index in [1.807, 2.05) is 32.0 Å². The van der Waals surface area contributed by atoms with Crippen LogP contribution in [0.25, 0.3) is 0 Å². The van der Waals surface area contributed by atoms with Gasteiger partial charge in [0.05, 0.1) is 6.61 Å². The van der Waals surface area contributed by atoms with Gasteiger partial charge in [-0.1, -0.05) is 19.1 Å². The van der Waals surface area contributed by atoms with Crippen molar-refractivity contribution < 1.29 is 9.84 Å². The van der Waals surface area contributed by atoms with Crippen LogP contribution >= 0.6 is 0 Å². The lowest BCUT2D eigenvalue weighted by atomic mass is 10.2. The first-order chi connectivity index (χ1) is 9.75. The summed E-state index contributed by atoms with van der Waals surface area (Å²) >= 11 is 0. The van der Waals surface area contributed by atoms with E-state index in [-0.39, 0.29) is 6.61 Å². The van der Waals surface area contributed by atoms with E-state index in [1.165, 1.54) is 0 Å². The number of benzene rings is 1. The molecule has 20 heavy (non-hydrogen) atoms. The third-order valence-electron chi connectivity index (χ3n) is 2.73. The van der Waals surface area contributed by atoms with Crippen molar-refractivity contribution in [1.29, 1.82) is 0 Å². The Hall–Kier alpha value is -2.14. The first-order valence-electron chi connectivity index (χ1n) is 6.74. The van der Waals surface area contributed by atoms with Gasteiger partial charge in [0.15, 0.2) is 0 Å². The lowest BCUT2D eigenvalue weighted by Gasteiger charge is -2.09. The predicted molar refractivity (Wildman–Crippen MR) is 78.0 cm³/mol. The van der Waals surface area contributed by atoms with Crippen LogP contribution in [0.4, 0.5) is 5.82 Å². The van der Waals surface area contributed by atoms with Gasteiger partial charge in [-0.2, -0.15) is 4.98 Å². The number of aromatic nitrogens is 2. The maximum Gasteiger partial charge on any atom is 0.224 e. The quantitative estimate of drug-likeness (QED) is 0.847. The fraction of sp³-hybridized carbons (Fsp3) is 0.333. The zero-order chi connectivity index (χ0) is 14.4. The van der Waals surface area contributed by atoms with Gasteiger partial charge in [0, 0.05) is 19.0 Å². The Balaban J connectivity index is 2.24. The van der Waals surface area contributed by atoms with Crippen LogP contribution < -0.4 is 10.1 Å². The summed E-state index contributed by atoms with van der Waals surface area (Å²) in [6.07, 6.45) is 0.742. The Morgan fingerprint density at radius 1 is 1.20 bits per heavy atom. The summed E-state index contributed by atoms with van der Waals surface area (Å²) in [5.74, 6) is 2.65. The Labute approximate surface area is 118 Å². The third-order valence-corrected chi connectivity index (χ3v) is 2.73. The summed E-state index contributed by atoms with van der Waals surface area (Å²) in [6.45, 7) is 4.80. The minimum atomic E-state index is -0.0101. The topological polar surface area (TPSA) is 67.3 Å². The SMILES string of the molecule is CCNc1cc(Oc2cccc(CO)c2)nc(CC)n1. The average Bonchev–Trinajstić information content (AvgIpc) is 2.47. The van der Waals surface area contributed by atoms with Crippen molar-refractivity contribution in [1.82, 2.24) is 9.97 Å². The number of anilines is 1. The number of nitrogens with zero attached hydrogens (tertiary/aromatic N) is 2. The highest BCUT2D eigenvalue weighted by molar-refractivity contribution is 5.40. The molecule has 0 saturated carbocycles. The minimum absolute atomic E-state index is 0.0101. The van der Waals surface area contributed by atoms with E-state index in [9.17, 15) is 0 Å². The molecule has 1 aromatic carbocycles. The summed E-state index contributed by atoms with van der Waals surface area (Å²) < 4.78 is 5.75. The molecule has 5 heteroatoms. The van der Waals surface area contributed by atoms with Crippen LogP contribution in [-0.2, 0) is 13.0 Å². The van der Waals surface area contributed by atoms with Gasteiger partial charge in [-0.3, -0.25) is 0 Å². The fourth-order valence-electron chi connectivity index (χ4n) is 1.78. The van der Waals surface area contributed by atoms with Gasteiger partial charge in [0.25, 0.3) is 0 Å². The molecule has 2 N–H and O–H groups in total. The molecule has 0 spiro atoms. The Bertz CT molecular complexity index is 573. The van der Waals surface area contributed by atoms with Crippen LogP contribution in [0.3, 0.4) is 0 Å². The summed E-state index contributed by atoms with van der Waals surface area (Å²) in [5.41, 5.74) is 0.805. The van der Waals surface area contributed by atoms with Gasteiger partial charge in [-0.05, 0) is 24.6 Å². The van der Waals surface area contributed by atoms with Crippen LogP contribution in [0.15, 0.2) is 30.3 Å². The first kappa shape index (κ1) is 14.3. The molecular weight excluding hydrogens is 254 g/mol. The number of rotatable bonds is 6. The van der Waals surface area contributed by atoms with Crippen LogP contribution in [0, 0.1) is 0 Å². The molecule has 5 nitrogen and oxygen atoms in total. The van der Waals surface area contributed by atoms with Gasteiger partial charge >= 0.3 is 0 Å². The molecule has 0 aliphatic carbocycles. The third kappa shape index (κ3) is 3.68. The van der Waals surface area contributed by atoms with Crippen LogP contribution in [0.5, 0.6) is 11.6 Å². The van der Waals surface area contributed by atoms with Crippen molar-refractivity contribution in [2.45, 2.75) is 26.9 Å². The highest BCUT2D eigenvalue weighted by Gasteiger charge is 2.05. The molecule has 2 aromatic rings. The van der Waals surface area contributed by atoms with Crippen LogP contribution in [0.1, 0.15) is 25.2 Å². The molecule has 0 amide bonds. The van der Waals surface area contributed by atoms with Gasteiger partial charge in [0.2, 0.25) is 5.88 Å². The number of nitrogens with one attached hydrogen (secondary N) is 1. The second-order valence-electron chi connectivity index (χ2n) is 4.30. The smallest absolute Gasteiger partial charge is 0.224 e. The number of aryl methyl sites for hydroxylation is 1. The Morgan fingerprint density at radius 2 is 2.05 bits per heavy atom. The summed E-state index contributed by atoms with van der Waals surface area (Å²) in [6, 6.07) is 9.08. The molecule has 0 bridgehead atoms. The van der Waals surface area contributed by atoms with E-state index >= 15 is 0 Å². The number of hydrogen-bond donors (Lipinski definition) is 2. The van der Waals surface area contributed by atoms with Gasteiger partial charge in [-0.25, -0.2) is 4.98 Å². The lowest BCUT2D eigenvalue weighted by Crippen LogP contribution is -2.04. The zero-order valence-corrected chi connectivity index (χ0v) is 11.8. The molecule has 0 aliphatic heterocycles. The maximum absolute atomic E-state index is 9.13. The van der Waals surface area contributed by atoms with Gasteiger partial charge < -0.3 is 15.2 Å². The van der Waals surface area contributed by atoms with Crippen molar-refractivity contribution in [3.63, 3.8) is 0 Å². The summed E-state index contributed by atoms with van der Waals surface area (Å²) in [7, 11) is 0. The maximum atomic E-state index is 9.13. The van der Waals surface area contributed by atoms with Crippen molar-refractivity contribution in [2.24, 2.45) is 0 Å². The molecule has 0 aliphatic rings. The standard InChI is InChI=1S/C15H19N3O2/c1-3-13-17-14(16-4-2)9-15(18-13)20-12-7-5-6-11(8-12)10-19/h5-9,19H,3-4,10H2,1-2H3,(H,16,17,18). The number of hydrogen-bond acceptors (Lipinski definition) is 5. The molecule has 106 valence electrons. The van der Waals surface area contributed by atoms with Crippen molar-refractivity contribution >= 4 is 5.82 Å². The number of aliphatic hydroxyl groups excluding tert-OH is 1. The van der Waals surface area contributed by atoms with E-state index < -0.39 is 0 Å². The lowest BCUT2D eigenvalue weighted by molar-refractivity contribution is 0.281. The van der Waals surface area contributed by atoms with E-state index in [0.29, 0.717) is 11.6 Å². The van der Waals surface area contributed by atoms with E-state index in [0.717, 1.165) is 30.2 Å². The fourth-order valence-corrected chi connectivity index (χ4v) is 1.78. The Morgan fingerprint density at radius 3 is 2.75 bits per heavy atom. The molecule has 0 unspecified atom stereocenters. The number of aliphatic hydroxyl groups is 1. The highest BCUT2D eigenvalue weighted by atomic mass is 16.5. The molecule has 1 heterocycles. The average molecular weight is 273 g/mol. The van der Waals surface area contributed by atoms with Crippen molar-refractivity contribution in [3.05, 3.63) is 41.7 Å². The first-order valence-corrected chi connectivity index (χ1v) is 6.74. The van der Waals surface area contributed by atoms with Crippen LogP contribution in [0.2, 0.25) is 0 Å². The molecule has 0 saturated heterocycles. The molecule has 0 fully saturated rings. The zero-order valence-electron chi connectivity index (χ0n) is 11.8. The minimum Gasteiger partial charge on any atom is -0.439 e. The number of ether oxygens (including phenoxy) is 1. The van der Waals surface area contributed by atoms with E-state index in [2.05, 4.69) is 15.3 Å². The van der Waals surface area contributed by atoms with Gasteiger partial charge in [-0.15, -0.1) is 0 Å². The normalized spacial score (nSPS) is 10.3. The summed E-state index contributed by atoms with van der Waals surface area (Å²) in [4.78, 5) is 8.72. The van der Waals surface area contributed by atoms with E-state index in [4.69, 9.17) is 9.84 Å².